The van der Waals surface area contributed by atoms with Crippen LogP contribution in [-0.2, 0) is 11.3 Å². The maximum atomic E-state index is 12.1. The number of ether oxygens (including phenoxy) is 1. The summed E-state index contributed by atoms with van der Waals surface area (Å²) in [5.41, 5.74) is 1.89. The zero-order valence-corrected chi connectivity index (χ0v) is 12.5. The number of hydrogen-bond donors (Lipinski definition) is 2. The van der Waals surface area contributed by atoms with Crippen LogP contribution in [-0.4, -0.2) is 42.3 Å². The van der Waals surface area contributed by atoms with Crippen LogP contribution in [0, 0.1) is 5.92 Å². The number of urea groups is 1. The zero-order chi connectivity index (χ0) is 15.1. The Bertz CT molecular complexity index is 439. The van der Waals surface area contributed by atoms with Crippen molar-refractivity contribution in [2.75, 3.05) is 31.6 Å². The van der Waals surface area contributed by atoms with E-state index in [2.05, 4.69) is 5.32 Å². The van der Waals surface area contributed by atoms with Gasteiger partial charge in [-0.25, -0.2) is 4.79 Å². The fourth-order valence-electron chi connectivity index (χ4n) is 2.43. The number of aliphatic hydroxyl groups is 1. The average molecular weight is 292 g/mol. The van der Waals surface area contributed by atoms with Gasteiger partial charge in [-0.3, -0.25) is 0 Å². The normalized spacial score (nSPS) is 16.0. The van der Waals surface area contributed by atoms with Gasteiger partial charge in [-0.15, -0.1) is 0 Å². The lowest BCUT2D eigenvalue weighted by molar-refractivity contribution is 0.134. The van der Waals surface area contributed by atoms with Crippen molar-refractivity contribution in [1.82, 2.24) is 4.90 Å². The Morgan fingerprint density at radius 2 is 2.00 bits per heavy atom. The minimum atomic E-state index is -0.0658. The molecule has 5 heteroatoms. The van der Waals surface area contributed by atoms with Gasteiger partial charge in [0.2, 0.25) is 0 Å². The van der Waals surface area contributed by atoms with Crippen molar-refractivity contribution in [2.24, 2.45) is 5.92 Å². The van der Waals surface area contributed by atoms with E-state index in [4.69, 9.17) is 9.84 Å². The summed E-state index contributed by atoms with van der Waals surface area (Å²) >= 11 is 0. The molecule has 2 amide bonds. The number of piperidine rings is 1. The number of likely N-dealkylation sites (tertiary alicyclic amines) is 1. The van der Waals surface area contributed by atoms with Crippen LogP contribution in [0.25, 0.3) is 0 Å². The van der Waals surface area contributed by atoms with Crippen LogP contribution < -0.4 is 5.32 Å². The minimum Gasteiger partial charge on any atom is -0.396 e. The van der Waals surface area contributed by atoms with Crippen LogP contribution in [0.2, 0.25) is 0 Å². The minimum absolute atomic E-state index is 0.0658. The van der Waals surface area contributed by atoms with E-state index in [1.807, 2.05) is 31.2 Å². The monoisotopic (exact) mass is 292 g/mol. The van der Waals surface area contributed by atoms with Crippen molar-refractivity contribution in [3.05, 3.63) is 29.8 Å². The fourth-order valence-corrected chi connectivity index (χ4v) is 2.43. The predicted octanol–water partition coefficient (Wildman–Crippen LogP) is 2.46. The zero-order valence-electron chi connectivity index (χ0n) is 12.5. The molecule has 21 heavy (non-hydrogen) atoms. The van der Waals surface area contributed by atoms with Crippen molar-refractivity contribution < 1.29 is 14.6 Å². The third kappa shape index (κ3) is 4.72. The van der Waals surface area contributed by atoms with Crippen LogP contribution in [0.3, 0.4) is 0 Å². The number of carbonyl (C=O) groups excluding carboxylic acids is 1. The molecule has 1 aromatic carbocycles. The molecule has 1 aliphatic rings. The second kappa shape index (κ2) is 8.00. The van der Waals surface area contributed by atoms with Crippen molar-refractivity contribution in [1.29, 1.82) is 0 Å². The summed E-state index contributed by atoms with van der Waals surface area (Å²) in [7, 11) is 0. The lowest BCUT2D eigenvalue weighted by Crippen LogP contribution is -2.41. The molecule has 0 aromatic heterocycles. The second-order valence-corrected chi connectivity index (χ2v) is 5.38. The average Bonchev–Trinajstić information content (AvgIpc) is 2.54. The van der Waals surface area contributed by atoms with Crippen LogP contribution in [0.1, 0.15) is 25.3 Å². The maximum absolute atomic E-state index is 12.1. The largest absolute Gasteiger partial charge is 0.396 e. The molecule has 0 atom stereocenters. The highest BCUT2D eigenvalue weighted by molar-refractivity contribution is 5.89. The van der Waals surface area contributed by atoms with E-state index >= 15 is 0 Å². The molecule has 5 nitrogen and oxygen atoms in total. The number of nitrogens with zero attached hydrogens (tertiary/aromatic N) is 1. The maximum Gasteiger partial charge on any atom is 0.321 e. The summed E-state index contributed by atoms with van der Waals surface area (Å²) in [6.07, 6.45) is 1.74. The molecule has 0 unspecified atom stereocenters. The molecule has 1 aromatic rings. The molecule has 2 N–H and O–H groups in total. The lowest BCUT2D eigenvalue weighted by Gasteiger charge is -2.31. The third-order valence-electron chi connectivity index (χ3n) is 3.84. The Kier molecular flexibility index (Phi) is 6.02. The molecular weight excluding hydrogens is 268 g/mol. The quantitative estimate of drug-likeness (QED) is 0.876. The van der Waals surface area contributed by atoms with Gasteiger partial charge in [0.05, 0.1) is 6.61 Å². The number of rotatable bonds is 5. The van der Waals surface area contributed by atoms with E-state index in [1.165, 1.54) is 0 Å². The fraction of sp³-hybridized carbons (Fsp3) is 0.562. The van der Waals surface area contributed by atoms with Gasteiger partial charge in [0, 0.05) is 32.0 Å². The number of aliphatic hydroxyl groups excluding tert-OH is 1. The van der Waals surface area contributed by atoms with Gasteiger partial charge in [-0.1, -0.05) is 12.1 Å². The molecule has 0 radical (unpaired) electrons. The number of amides is 2. The Hall–Kier alpha value is -1.59. The van der Waals surface area contributed by atoms with Crippen LogP contribution in [0.15, 0.2) is 24.3 Å². The molecular formula is C16H24N2O3. The summed E-state index contributed by atoms with van der Waals surface area (Å²) in [6, 6.07) is 7.65. The Morgan fingerprint density at radius 1 is 1.33 bits per heavy atom. The van der Waals surface area contributed by atoms with E-state index < -0.39 is 0 Å². The molecule has 0 spiro atoms. The van der Waals surface area contributed by atoms with Crippen molar-refractivity contribution in [3.63, 3.8) is 0 Å². The van der Waals surface area contributed by atoms with E-state index in [-0.39, 0.29) is 12.6 Å². The first-order valence-corrected chi connectivity index (χ1v) is 7.56. The number of nitrogens with one attached hydrogen (secondary N) is 1. The smallest absolute Gasteiger partial charge is 0.321 e. The molecule has 0 aliphatic carbocycles. The first kappa shape index (κ1) is 15.8. The van der Waals surface area contributed by atoms with Gasteiger partial charge < -0.3 is 20.1 Å². The number of hydrogen-bond acceptors (Lipinski definition) is 3. The SMILES string of the molecule is CCOCc1ccc(NC(=O)N2CCC(CO)CC2)cc1. The van der Waals surface area contributed by atoms with Crippen LogP contribution >= 0.6 is 0 Å². The summed E-state index contributed by atoms with van der Waals surface area (Å²) in [5.74, 6) is 0.340. The van der Waals surface area contributed by atoms with Crippen LogP contribution in [0.5, 0.6) is 0 Å². The molecule has 116 valence electrons. The second-order valence-electron chi connectivity index (χ2n) is 5.38. The number of benzene rings is 1. The van der Waals surface area contributed by atoms with Crippen molar-refractivity contribution in [2.45, 2.75) is 26.4 Å². The van der Waals surface area contributed by atoms with Crippen LogP contribution in [0.4, 0.5) is 10.5 Å². The molecule has 1 fully saturated rings. The Balaban J connectivity index is 1.82. The molecule has 1 aliphatic heterocycles. The van der Waals surface area contributed by atoms with E-state index in [0.29, 0.717) is 32.2 Å². The van der Waals surface area contributed by atoms with Gasteiger partial charge in [-0.2, -0.15) is 0 Å². The van der Waals surface area contributed by atoms with Gasteiger partial charge in [0.15, 0.2) is 0 Å². The molecule has 2 rings (SSSR count). The first-order chi connectivity index (χ1) is 10.2. The van der Waals surface area contributed by atoms with E-state index in [1.54, 1.807) is 4.90 Å². The van der Waals surface area contributed by atoms with Gasteiger partial charge in [-0.05, 0) is 43.4 Å². The summed E-state index contributed by atoms with van der Waals surface area (Å²) in [4.78, 5) is 14.0. The highest BCUT2D eigenvalue weighted by Gasteiger charge is 2.22. The highest BCUT2D eigenvalue weighted by atomic mass is 16.5. The van der Waals surface area contributed by atoms with Gasteiger partial charge in [0.1, 0.15) is 0 Å². The molecule has 0 saturated carbocycles. The van der Waals surface area contributed by atoms with E-state index in [9.17, 15) is 4.79 Å². The Morgan fingerprint density at radius 3 is 2.57 bits per heavy atom. The summed E-state index contributed by atoms with van der Waals surface area (Å²) in [5, 5.41) is 12.0. The van der Waals surface area contributed by atoms with E-state index in [0.717, 1.165) is 24.1 Å². The lowest BCUT2D eigenvalue weighted by atomic mass is 9.98. The molecule has 0 bridgehead atoms. The first-order valence-electron chi connectivity index (χ1n) is 7.56. The standard InChI is InChI=1S/C16H24N2O3/c1-2-21-12-14-3-5-15(6-4-14)17-16(20)18-9-7-13(11-19)8-10-18/h3-6,13,19H,2,7-12H2,1H3,(H,17,20). The molecule has 1 saturated heterocycles. The van der Waals surface area contributed by atoms with Gasteiger partial charge in [0.25, 0.3) is 0 Å². The van der Waals surface area contributed by atoms with Crippen molar-refractivity contribution >= 4 is 11.7 Å². The highest BCUT2D eigenvalue weighted by Crippen LogP contribution is 2.18. The predicted molar refractivity (Wildman–Crippen MR) is 82.2 cm³/mol. The van der Waals surface area contributed by atoms with Gasteiger partial charge >= 0.3 is 6.03 Å². The number of anilines is 1. The number of carbonyl (C=O) groups is 1. The Labute approximate surface area is 125 Å². The summed E-state index contributed by atoms with van der Waals surface area (Å²) in [6.45, 7) is 4.89. The molecule has 1 heterocycles. The third-order valence-corrected chi connectivity index (χ3v) is 3.84. The topological polar surface area (TPSA) is 61.8 Å². The van der Waals surface area contributed by atoms with Crippen molar-refractivity contribution in [3.8, 4) is 0 Å². The summed E-state index contributed by atoms with van der Waals surface area (Å²) < 4.78 is 5.34.